The summed E-state index contributed by atoms with van der Waals surface area (Å²) in [5.74, 6) is -1.08. The fourth-order valence-electron chi connectivity index (χ4n) is 3.67. The zero-order chi connectivity index (χ0) is 22.8. The molecular weight excluding hydrogens is 428 g/mol. The summed E-state index contributed by atoms with van der Waals surface area (Å²) >= 11 is 5.09. The molecule has 160 valence electrons. The summed E-state index contributed by atoms with van der Waals surface area (Å²) in [5, 5.41) is 14.8. The number of nitrogens with one attached hydrogen (secondary N) is 1. The van der Waals surface area contributed by atoms with Gasteiger partial charge in [-0.15, -0.1) is 6.58 Å². The van der Waals surface area contributed by atoms with Crippen LogP contribution in [0.4, 0.5) is 5.69 Å². The van der Waals surface area contributed by atoms with E-state index in [9.17, 15) is 19.7 Å². The number of carbonyl (C=O) groups is 2. The first-order chi connectivity index (χ1) is 15.4. The van der Waals surface area contributed by atoms with E-state index in [1.165, 1.54) is 23.1 Å². The van der Waals surface area contributed by atoms with Crippen molar-refractivity contribution in [1.29, 1.82) is 0 Å². The van der Waals surface area contributed by atoms with Gasteiger partial charge in [0.05, 0.1) is 11.5 Å². The third-order valence-electron chi connectivity index (χ3n) is 5.15. The van der Waals surface area contributed by atoms with Gasteiger partial charge in [0, 0.05) is 40.8 Å². The second kappa shape index (κ2) is 8.56. The summed E-state index contributed by atoms with van der Waals surface area (Å²) in [7, 11) is 0. The fraction of sp³-hybridized carbons (Fsp3) is 0.0870. The van der Waals surface area contributed by atoms with Gasteiger partial charge in [0.25, 0.3) is 17.5 Å². The van der Waals surface area contributed by atoms with E-state index >= 15 is 0 Å². The molecule has 1 aromatic heterocycles. The predicted octanol–water partition coefficient (Wildman–Crippen LogP) is 3.41. The number of para-hydroxylation sites is 2. The molecule has 0 bridgehead atoms. The summed E-state index contributed by atoms with van der Waals surface area (Å²) in [5.41, 5.74) is 1.99. The third-order valence-corrected chi connectivity index (χ3v) is 5.47. The molecule has 1 aliphatic rings. The molecule has 0 radical (unpaired) electrons. The number of nitrogens with zero attached hydrogens (tertiary/aromatic N) is 3. The molecule has 32 heavy (non-hydrogen) atoms. The minimum atomic E-state index is -0.573. The standard InChI is InChI=1S/C23H18N4O4S/c1-2-11-26-22(29)18(21(28)24-23(26)32)12-16-14-25(20-10-6-4-8-17(16)20)13-15-7-3-5-9-19(15)27(30)31/h2-10,12,14H,1,11,13H2,(H,24,28,32)/b18-12-. The SMILES string of the molecule is C=CCN1C(=O)/C(=C\c2cn(Cc3ccccc3[N+](=O)[O-])c3ccccc23)C(=O)NC1=S. The van der Waals surface area contributed by atoms with Crippen molar-refractivity contribution in [2.45, 2.75) is 6.54 Å². The number of carbonyl (C=O) groups excluding carboxylic acids is 2. The number of nitro benzene ring substituents is 1. The number of nitro groups is 1. The smallest absolute Gasteiger partial charge is 0.274 e. The highest BCUT2D eigenvalue weighted by Gasteiger charge is 2.32. The van der Waals surface area contributed by atoms with Crippen LogP contribution in [-0.4, -0.2) is 37.9 Å². The van der Waals surface area contributed by atoms with Gasteiger partial charge >= 0.3 is 0 Å². The van der Waals surface area contributed by atoms with Crippen LogP contribution in [0.25, 0.3) is 17.0 Å². The maximum absolute atomic E-state index is 12.9. The number of amides is 2. The molecule has 1 N–H and O–H groups in total. The Morgan fingerprint density at radius 1 is 1.12 bits per heavy atom. The van der Waals surface area contributed by atoms with Crippen LogP contribution in [0.15, 0.2) is 73.0 Å². The largest absolute Gasteiger partial charge is 0.342 e. The molecule has 0 atom stereocenters. The van der Waals surface area contributed by atoms with Crippen molar-refractivity contribution in [3.05, 3.63) is 94.2 Å². The monoisotopic (exact) mass is 446 g/mol. The van der Waals surface area contributed by atoms with Gasteiger partial charge in [-0.1, -0.05) is 42.5 Å². The van der Waals surface area contributed by atoms with Crippen molar-refractivity contribution in [2.24, 2.45) is 0 Å². The van der Waals surface area contributed by atoms with E-state index < -0.39 is 16.7 Å². The lowest BCUT2D eigenvalue weighted by molar-refractivity contribution is -0.385. The number of rotatable bonds is 6. The molecule has 0 spiro atoms. The summed E-state index contributed by atoms with van der Waals surface area (Å²) < 4.78 is 1.86. The van der Waals surface area contributed by atoms with E-state index in [-0.39, 0.29) is 29.5 Å². The van der Waals surface area contributed by atoms with Crippen molar-refractivity contribution in [1.82, 2.24) is 14.8 Å². The van der Waals surface area contributed by atoms with Crippen LogP contribution in [0.5, 0.6) is 0 Å². The summed E-state index contributed by atoms with van der Waals surface area (Å²) in [6, 6.07) is 14.0. The molecular formula is C23H18N4O4S. The summed E-state index contributed by atoms with van der Waals surface area (Å²) in [4.78, 5) is 37.6. The van der Waals surface area contributed by atoms with E-state index in [4.69, 9.17) is 12.2 Å². The van der Waals surface area contributed by atoms with Crippen molar-refractivity contribution >= 4 is 51.8 Å². The van der Waals surface area contributed by atoms with Crippen LogP contribution in [-0.2, 0) is 16.1 Å². The molecule has 1 saturated heterocycles. The lowest BCUT2D eigenvalue weighted by atomic mass is 10.1. The number of thiocarbonyl (C=S) groups is 1. The van der Waals surface area contributed by atoms with Crippen LogP contribution in [0.3, 0.4) is 0 Å². The van der Waals surface area contributed by atoms with Crippen molar-refractivity contribution in [2.75, 3.05) is 6.54 Å². The van der Waals surface area contributed by atoms with Crippen LogP contribution >= 0.6 is 12.2 Å². The zero-order valence-corrected chi connectivity index (χ0v) is 17.7. The molecule has 2 heterocycles. The first-order valence-corrected chi connectivity index (χ1v) is 10.1. The summed E-state index contributed by atoms with van der Waals surface area (Å²) in [6.07, 6.45) is 4.82. The molecule has 1 aliphatic heterocycles. The van der Waals surface area contributed by atoms with E-state index in [0.29, 0.717) is 11.1 Å². The van der Waals surface area contributed by atoms with E-state index in [0.717, 1.165) is 10.9 Å². The topological polar surface area (TPSA) is 97.5 Å². The van der Waals surface area contributed by atoms with Gasteiger partial charge in [0.1, 0.15) is 5.57 Å². The Kier molecular flexibility index (Phi) is 5.65. The highest BCUT2D eigenvalue weighted by atomic mass is 32.1. The van der Waals surface area contributed by atoms with Crippen LogP contribution in [0, 0.1) is 10.1 Å². The number of fused-ring (bicyclic) bond motifs is 1. The van der Waals surface area contributed by atoms with Gasteiger partial charge in [-0.25, -0.2) is 0 Å². The Morgan fingerprint density at radius 2 is 1.84 bits per heavy atom. The van der Waals surface area contributed by atoms with Gasteiger partial charge in [-0.2, -0.15) is 0 Å². The molecule has 0 aliphatic carbocycles. The Morgan fingerprint density at radius 3 is 2.59 bits per heavy atom. The molecule has 9 heteroatoms. The quantitative estimate of drug-likeness (QED) is 0.156. The zero-order valence-electron chi connectivity index (χ0n) is 16.9. The van der Waals surface area contributed by atoms with E-state index in [1.807, 2.05) is 28.8 Å². The van der Waals surface area contributed by atoms with Gasteiger partial charge in [0.15, 0.2) is 5.11 Å². The van der Waals surface area contributed by atoms with E-state index in [1.54, 1.807) is 24.4 Å². The average molecular weight is 446 g/mol. The maximum Gasteiger partial charge on any atom is 0.274 e. The van der Waals surface area contributed by atoms with Crippen LogP contribution in [0.1, 0.15) is 11.1 Å². The molecule has 3 aromatic rings. The molecule has 2 aromatic carbocycles. The molecule has 0 unspecified atom stereocenters. The minimum absolute atomic E-state index is 0.0283. The van der Waals surface area contributed by atoms with Crippen molar-refractivity contribution in [3.8, 4) is 0 Å². The number of aromatic nitrogens is 1. The predicted molar refractivity (Wildman–Crippen MR) is 125 cm³/mol. The molecule has 1 fully saturated rings. The Labute approximate surface area is 188 Å². The molecule has 4 rings (SSSR count). The van der Waals surface area contributed by atoms with Gasteiger partial charge < -0.3 is 4.57 Å². The highest BCUT2D eigenvalue weighted by molar-refractivity contribution is 7.80. The first-order valence-electron chi connectivity index (χ1n) is 9.70. The average Bonchev–Trinajstić information content (AvgIpc) is 3.11. The fourth-order valence-corrected chi connectivity index (χ4v) is 3.92. The normalized spacial score (nSPS) is 15.3. The lowest BCUT2D eigenvalue weighted by Crippen LogP contribution is -2.53. The van der Waals surface area contributed by atoms with Gasteiger partial charge in [0.2, 0.25) is 0 Å². The van der Waals surface area contributed by atoms with E-state index in [2.05, 4.69) is 11.9 Å². The summed E-state index contributed by atoms with van der Waals surface area (Å²) in [6.45, 7) is 4.05. The number of hydrogen-bond acceptors (Lipinski definition) is 5. The lowest BCUT2D eigenvalue weighted by Gasteiger charge is -2.27. The first kappa shape index (κ1) is 21.1. The second-order valence-electron chi connectivity index (χ2n) is 7.14. The molecule has 2 amide bonds. The Hall–Kier alpha value is -4.11. The second-order valence-corrected chi connectivity index (χ2v) is 7.52. The third kappa shape index (κ3) is 3.81. The molecule has 8 nitrogen and oxygen atoms in total. The van der Waals surface area contributed by atoms with Crippen LogP contribution < -0.4 is 5.32 Å². The highest BCUT2D eigenvalue weighted by Crippen LogP contribution is 2.27. The van der Waals surface area contributed by atoms with Gasteiger partial charge in [-0.05, 0) is 24.4 Å². The number of hydrogen-bond donors (Lipinski definition) is 1. The number of benzene rings is 2. The minimum Gasteiger partial charge on any atom is -0.342 e. The Bertz CT molecular complexity index is 1320. The van der Waals surface area contributed by atoms with Crippen molar-refractivity contribution in [3.63, 3.8) is 0 Å². The maximum atomic E-state index is 12.9. The Balaban J connectivity index is 1.79. The van der Waals surface area contributed by atoms with Gasteiger partial charge in [-0.3, -0.25) is 29.9 Å². The molecule has 0 saturated carbocycles. The van der Waals surface area contributed by atoms with Crippen molar-refractivity contribution < 1.29 is 14.5 Å². The van der Waals surface area contributed by atoms with Crippen LogP contribution in [0.2, 0.25) is 0 Å².